The molecule has 5 heteroatoms. The summed E-state index contributed by atoms with van der Waals surface area (Å²) in [5.41, 5.74) is -0.262. The molecule has 1 aliphatic rings. The Bertz CT molecular complexity index is 432. The summed E-state index contributed by atoms with van der Waals surface area (Å²) in [5, 5.41) is 9.20. The van der Waals surface area contributed by atoms with Gasteiger partial charge in [0.05, 0.1) is 11.4 Å². The monoisotopic (exact) mass is 243 g/mol. The van der Waals surface area contributed by atoms with Gasteiger partial charge in [-0.3, -0.25) is 4.79 Å². The quantitative estimate of drug-likeness (QED) is 0.831. The van der Waals surface area contributed by atoms with E-state index in [1.54, 1.807) is 0 Å². The van der Waals surface area contributed by atoms with Crippen molar-refractivity contribution in [3.63, 3.8) is 0 Å². The number of hydrogen-bond donors (Lipinski definition) is 1. The molecule has 0 radical (unpaired) electrons. The van der Waals surface area contributed by atoms with E-state index in [-0.39, 0.29) is 6.42 Å². The van der Waals surface area contributed by atoms with Crippen molar-refractivity contribution in [3.8, 4) is 0 Å². The van der Waals surface area contributed by atoms with Crippen LogP contribution in [0.25, 0.3) is 0 Å². The summed E-state index contributed by atoms with van der Waals surface area (Å²) in [6.07, 6.45) is 3.44. The average Bonchev–Trinajstić information content (AvgIpc) is 2.15. The SMILES string of the molecule is O=C(O)CC1(c2cc(Cl)cnc2F)CCC1. The van der Waals surface area contributed by atoms with Crippen molar-refractivity contribution < 1.29 is 14.3 Å². The minimum atomic E-state index is -0.918. The summed E-state index contributed by atoms with van der Waals surface area (Å²) in [5.74, 6) is -1.52. The second kappa shape index (κ2) is 4.01. The van der Waals surface area contributed by atoms with Crippen molar-refractivity contribution in [2.45, 2.75) is 31.1 Å². The number of nitrogens with zero attached hydrogens (tertiary/aromatic N) is 1. The van der Waals surface area contributed by atoms with Gasteiger partial charge in [0.25, 0.3) is 0 Å². The predicted octanol–water partition coefficient (Wildman–Crippen LogP) is 2.77. The van der Waals surface area contributed by atoms with Crippen molar-refractivity contribution in [2.75, 3.05) is 0 Å². The van der Waals surface area contributed by atoms with Crippen molar-refractivity contribution >= 4 is 17.6 Å². The molecule has 1 aromatic rings. The first-order chi connectivity index (χ1) is 7.53. The molecular formula is C11H11ClFNO2. The highest BCUT2D eigenvalue weighted by Gasteiger charge is 2.42. The Kier molecular flexibility index (Phi) is 2.84. The van der Waals surface area contributed by atoms with Crippen molar-refractivity contribution in [2.24, 2.45) is 0 Å². The lowest BCUT2D eigenvalue weighted by molar-refractivity contribution is -0.139. The molecule has 3 nitrogen and oxygen atoms in total. The molecule has 16 heavy (non-hydrogen) atoms. The normalized spacial score (nSPS) is 17.9. The second-order valence-electron chi connectivity index (χ2n) is 4.20. The van der Waals surface area contributed by atoms with E-state index in [1.807, 2.05) is 0 Å². The van der Waals surface area contributed by atoms with Gasteiger partial charge in [0, 0.05) is 17.2 Å². The van der Waals surface area contributed by atoms with E-state index in [0.717, 1.165) is 6.42 Å². The molecule has 1 fully saturated rings. The maximum Gasteiger partial charge on any atom is 0.304 e. The molecule has 0 spiro atoms. The van der Waals surface area contributed by atoms with E-state index in [2.05, 4.69) is 4.98 Å². The van der Waals surface area contributed by atoms with Crippen LogP contribution in [-0.2, 0) is 10.2 Å². The van der Waals surface area contributed by atoms with Gasteiger partial charge in [0.1, 0.15) is 0 Å². The lowest BCUT2D eigenvalue weighted by Gasteiger charge is -2.41. The number of carboxylic acids is 1. The highest BCUT2D eigenvalue weighted by atomic mass is 35.5. The second-order valence-corrected chi connectivity index (χ2v) is 4.63. The maximum absolute atomic E-state index is 13.6. The van der Waals surface area contributed by atoms with Gasteiger partial charge in [-0.2, -0.15) is 4.39 Å². The third-order valence-corrected chi connectivity index (χ3v) is 3.38. The number of aliphatic carboxylic acids is 1. The van der Waals surface area contributed by atoms with Crippen LogP contribution < -0.4 is 0 Å². The zero-order chi connectivity index (χ0) is 11.8. The Morgan fingerprint density at radius 1 is 1.62 bits per heavy atom. The van der Waals surface area contributed by atoms with Crippen molar-refractivity contribution in [1.82, 2.24) is 4.98 Å². The molecule has 0 amide bonds. The molecule has 0 unspecified atom stereocenters. The van der Waals surface area contributed by atoms with Gasteiger partial charge in [-0.1, -0.05) is 18.0 Å². The lowest BCUT2D eigenvalue weighted by Crippen LogP contribution is -2.37. The molecule has 1 heterocycles. The Labute approximate surface area is 97.3 Å². The van der Waals surface area contributed by atoms with Gasteiger partial charge in [-0.15, -0.1) is 0 Å². The highest BCUT2D eigenvalue weighted by molar-refractivity contribution is 6.30. The predicted molar refractivity (Wildman–Crippen MR) is 57.0 cm³/mol. The topological polar surface area (TPSA) is 50.2 Å². The first-order valence-electron chi connectivity index (χ1n) is 5.07. The highest BCUT2D eigenvalue weighted by Crippen LogP contribution is 2.47. The number of rotatable bonds is 3. The molecular weight excluding hydrogens is 233 g/mol. The number of halogens is 2. The summed E-state index contributed by atoms with van der Waals surface area (Å²) in [6.45, 7) is 0. The van der Waals surface area contributed by atoms with Crippen LogP contribution in [0.3, 0.4) is 0 Å². The molecule has 86 valence electrons. The molecule has 0 aliphatic heterocycles. The van der Waals surface area contributed by atoms with Gasteiger partial charge in [-0.05, 0) is 18.9 Å². The van der Waals surface area contributed by atoms with E-state index >= 15 is 0 Å². The van der Waals surface area contributed by atoms with Crippen molar-refractivity contribution in [1.29, 1.82) is 0 Å². The fourth-order valence-electron chi connectivity index (χ4n) is 2.23. The molecule has 1 aliphatic carbocycles. The first kappa shape index (κ1) is 11.3. The van der Waals surface area contributed by atoms with E-state index in [0.29, 0.717) is 23.4 Å². The van der Waals surface area contributed by atoms with Crippen LogP contribution in [0.4, 0.5) is 4.39 Å². The molecule has 0 saturated heterocycles. The summed E-state index contributed by atoms with van der Waals surface area (Å²) in [4.78, 5) is 14.3. The fraction of sp³-hybridized carbons (Fsp3) is 0.455. The summed E-state index contributed by atoms with van der Waals surface area (Å²) < 4.78 is 13.6. The number of hydrogen-bond acceptors (Lipinski definition) is 2. The minimum absolute atomic E-state index is 0.0635. The number of aromatic nitrogens is 1. The third-order valence-electron chi connectivity index (χ3n) is 3.18. The molecule has 0 aromatic carbocycles. The Morgan fingerprint density at radius 2 is 2.31 bits per heavy atom. The average molecular weight is 244 g/mol. The smallest absolute Gasteiger partial charge is 0.304 e. The lowest BCUT2D eigenvalue weighted by atomic mass is 9.63. The van der Waals surface area contributed by atoms with Crippen LogP contribution in [0, 0.1) is 5.95 Å². The van der Waals surface area contributed by atoms with Gasteiger partial charge >= 0.3 is 5.97 Å². The maximum atomic E-state index is 13.6. The van der Waals surface area contributed by atoms with Crippen LogP contribution in [0.15, 0.2) is 12.3 Å². The largest absolute Gasteiger partial charge is 0.481 e. The summed E-state index contributed by atoms with van der Waals surface area (Å²) in [6, 6.07) is 1.49. The Balaban J connectivity index is 2.39. The summed E-state index contributed by atoms with van der Waals surface area (Å²) in [7, 11) is 0. The van der Waals surface area contributed by atoms with E-state index in [9.17, 15) is 9.18 Å². The van der Waals surface area contributed by atoms with Gasteiger partial charge < -0.3 is 5.11 Å². The number of carbonyl (C=O) groups is 1. The van der Waals surface area contributed by atoms with Gasteiger partial charge in [0.15, 0.2) is 0 Å². The zero-order valence-corrected chi connectivity index (χ0v) is 9.30. The molecule has 1 saturated carbocycles. The van der Waals surface area contributed by atoms with E-state index in [4.69, 9.17) is 16.7 Å². The molecule has 0 bridgehead atoms. The van der Waals surface area contributed by atoms with Gasteiger partial charge in [-0.25, -0.2) is 4.98 Å². The first-order valence-corrected chi connectivity index (χ1v) is 5.45. The Morgan fingerprint density at radius 3 is 2.81 bits per heavy atom. The van der Waals surface area contributed by atoms with E-state index in [1.165, 1.54) is 12.3 Å². The standard InChI is InChI=1S/C11H11ClFNO2/c12-7-4-8(10(13)14-6-7)11(2-1-3-11)5-9(15)16/h4,6H,1-3,5H2,(H,15,16). The van der Waals surface area contributed by atoms with E-state index < -0.39 is 17.3 Å². The third kappa shape index (κ3) is 1.89. The van der Waals surface area contributed by atoms with Crippen LogP contribution in [0.1, 0.15) is 31.2 Å². The number of carboxylic acid groups (broad SMARTS) is 1. The van der Waals surface area contributed by atoms with Crippen LogP contribution in [0.2, 0.25) is 5.02 Å². The molecule has 1 aromatic heterocycles. The van der Waals surface area contributed by atoms with Gasteiger partial charge in [0.2, 0.25) is 5.95 Å². The van der Waals surface area contributed by atoms with Crippen molar-refractivity contribution in [3.05, 3.63) is 28.8 Å². The molecule has 0 atom stereocenters. The minimum Gasteiger partial charge on any atom is -0.481 e. The molecule has 1 N–H and O–H groups in total. The van der Waals surface area contributed by atoms with Crippen LogP contribution >= 0.6 is 11.6 Å². The Hall–Kier alpha value is -1.16. The zero-order valence-electron chi connectivity index (χ0n) is 8.54. The number of pyridine rings is 1. The molecule has 2 rings (SSSR count). The summed E-state index contributed by atoms with van der Waals surface area (Å²) >= 11 is 5.76. The van der Waals surface area contributed by atoms with Crippen LogP contribution in [-0.4, -0.2) is 16.1 Å². The fourth-order valence-corrected chi connectivity index (χ4v) is 2.39. The van der Waals surface area contributed by atoms with Crippen LogP contribution in [0.5, 0.6) is 0 Å².